The van der Waals surface area contributed by atoms with Gasteiger partial charge in [-0.1, -0.05) is 53.7 Å². The lowest BCUT2D eigenvalue weighted by atomic mass is 9.98. The molecule has 0 fully saturated rings. The molecular weight excluding hydrogens is 440 g/mol. The maximum Gasteiger partial charge on any atom is 0.407 e. The number of aromatic nitrogens is 2. The first kappa shape index (κ1) is 23.0. The van der Waals surface area contributed by atoms with Gasteiger partial charge in [0.1, 0.15) is 12.6 Å². The van der Waals surface area contributed by atoms with Crippen molar-refractivity contribution in [1.82, 2.24) is 20.8 Å². The Bertz CT molecular complexity index is 1160. The number of carboxylic acids is 1. The van der Waals surface area contributed by atoms with E-state index in [1.807, 2.05) is 48.5 Å². The fourth-order valence-corrected chi connectivity index (χ4v) is 4.03. The predicted octanol–water partition coefficient (Wildman–Crippen LogP) is 2.42. The van der Waals surface area contributed by atoms with E-state index < -0.39 is 30.4 Å². The maximum atomic E-state index is 12.5. The number of carbonyl (C=O) groups is 3. The Hall–Kier alpha value is -4.21. The van der Waals surface area contributed by atoms with Crippen LogP contribution in [0.1, 0.15) is 35.2 Å². The Morgan fingerprint density at radius 2 is 1.74 bits per heavy atom. The largest absolute Gasteiger partial charge is 0.481 e. The Balaban J connectivity index is 1.35. The van der Waals surface area contributed by atoms with Crippen molar-refractivity contribution in [1.29, 1.82) is 0 Å². The van der Waals surface area contributed by atoms with Crippen molar-refractivity contribution in [3.05, 3.63) is 71.4 Å². The lowest BCUT2D eigenvalue weighted by molar-refractivity contribution is -0.139. The molecule has 0 bridgehead atoms. The molecule has 3 N–H and O–H groups in total. The Labute approximate surface area is 195 Å². The minimum absolute atomic E-state index is 0.0540. The average molecular weight is 464 g/mol. The maximum absolute atomic E-state index is 12.5. The molecule has 176 valence electrons. The first-order chi connectivity index (χ1) is 16.4. The number of alkyl carbamates (subject to hydrolysis) is 1. The zero-order chi connectivity index (χ0) is 24.1. The van der Waals surface area contributed by atoms with Gasteiger partial charge in [0.05, 0.1) is 6.42 Å². The normalized spacial score (nSPS) is 13.0. The van der Waals surface area contributed by atoms with Crippen molar-refractivity contribution in [3.63, 3.8) is 0 Å². The number of ether oxygens (including phenoxy) is 1. The monoisotopic (exact) mass is 464 g/mol. The number of amides is 2. The van der Waals surface area contributed by atoms with Gasteiger partial charge in [0.15, 0.2) is 5.82 Å². The van der Waals surface area contributed by atoms with E-state index in [1.165, 1.54) is 0 Å². The molecule has 0 saturated heterocycles. The lowest BCUT2D eigenvalue weighted by Gasteiger charge is -2.18. The zero-order valence-corrected chi connectivity index (χ0v) is 18.5. The second-order valence-electron chi connectivity index (χ2n) is 7.89. The van der Waals surface area contributed by atoms with Crippen LogP contribution in [0.4, 0.5) is 4.79 Å². The molecule has 10 nitrogen and oxygen atoms in total. The van der Waals surface area contributed by atoms with Gasteiger partial charge in [0.2, 0.25) is 11.8 Å². The van der Waals surface area contributed by atoms with Crippen molar-refractivity contribution in [2.45, 2.75) is 31.7 Å². The van der Waals surface area contributed by atoms with Crippen molar-refractivity contribution < 1.29 is 28.8 Å². The summed E-state index contributed by atoms with van der Waals surface area (Å²) < 4.78 is 10.3. The molecular formula is C24H24N4O6. The highest BCUT2D eigenvalue weighted by molar-refractivity contribution is 5.89. The third-order valence-corrected chi connectivity index (χ3v) is 5.55. The quantitative estimate of drug-likeness (QED) is 0.438. The van der Waals surface area contributed by atoms with Gasteiger partial charge >= 0.3 is 12.1 Å². The number of nitrogens with zero attached hydrogens (tertiary/aromatic N) is 2. The predicted molar refractivity (Wildman–Crippen MR) is 120 cm³/mol. The van der Waals surface area contributed by atoms with Gasteiger partial charge in [-0.05, 0) is 22.3 Å². The highest BCUT2D eigenvalue weighted by Crippen LogP contribution is 2.44. The van der Waals surface area contributed by atoms with E-state index in [4.69, 9.17) is 14.4 Å². The molecule has 1 atom stereocenters. The van der Waals surface area contributed by atoms with E-state index in [0.29, 0.717) is 18.1 Å². The third-order valence-electron chi connectivity index (χ3n) is 5.55. The van der Waals surface area contributed by atoms with Crippen LogP contribution >= 0.6 is 0 Å². The summed E-state index contributed by atoms with van der Waals surface area (Å²) in [6, 6.07) is 14.5. The average Bonchev–Trinajstić information content (AvgIpc) is 3.37. The minimum Gasteiger partial charge on any atom is -0.481 e. The topological polar surface area (TPSA) is 144 Å². The zero-order valence-electron chi connectivity index (χ0n) is 18.5. The van der Waals surface area contributed by atoms with E-state index in [-0.39, 0.29) is 19.1 Å². The molecule has 1 aromatic heterocycles. The number of hydrogen-bond donors (Lipinski definition) is 3. The van der Waals surface area contributed by atoms with Gasteiger partial charge in [-0.15, -0.1) is 0 Å². The van der Waals surface area contributed by atoms with Gasteiger partial charge in [0, 0.05) is 25.8 Å². The van der Waals surface area contributed by atoms with Crippen molar-refractivity contribution in [2.75, 3.05) is 13.2 Å². The number of nitrogens with one attached hydrogen (secondary N) is 2. The Morgan fingerprint density at radius 3 is 2.32 bits per heavy atom. The Morgan fingerprint density at radius 1 is 1.09 bits per heavy atom. The van der Waals surface area contributed by atoms with Crippen LogP contribution in [0.15, 0.2) is 53.1 Å². The van der Waals surface area contributed by atoms with Gasteiger partial charge in [0.25, 0.3) is 0 Å². The number of benzene rings is 2. The first-order valence-electron chi connectivity index (χ1n) is 10.8. The fraction of sp³-hybridized carbons (Fsp3) is 0.292. The second kappa shape index (κ2) is 10.2. The molecule has 1 heterocycles. The number of aryl methyl sites for hydroxylation is 1. The van der Waals surface area contributed by atoms with Crippen LogP contribution in [0, 0.1) is 6.92 Å². The SMILES string of the molecule is Cc1nc(CCNC(=O)C(CC(=O)O)NC(=O)OCC2c3ccccc3-c3ccccc32)no1. The van der Waals surface area contributed by atoms with E-state index in [1.54, 1.807) is 6.92 Å². The number of hydrogen-bond acceptors (Lipinski definition) is 7. The van der Waals surface area contributed by atoms with Crippen LogP contribution in [0.3, 0.4) is 0 Å². The molecule has 2 aromatic carbocycles. The molecule has 3 aromatic rings. The molecule has 0 spiro atoms. The summed E-state index contributed by atoms with van der Waals surface area (Å²) >= 11 is 0. The summed E-state index contributed by atoms with van der Waals surface area (Å²) in [6.45, 7) is 1.86. The van der Waals surface area contributed by atoms with Crippen LogP contribution in [-0.4, -0.2) is 52.4 Å². The van der Waals surface area contributed by atoms with E-state index in [2.05, 4.69) is 20.8 Å². The molecule has 0 saturated carbocycles. The van der Waals surface area contributed by atoms with Crippen molar-refractivity contribution in [3.8, 4) is 11.1 Å². The number of carboxylic acid groups (broad SMARTS) is 1. The van der Waals surface area contributed by atoms with Gasteiger partial charge < -0.3 is 25.0 Å². The highest BCUT2D eigenvalue weighted by Gasteiger charge is 2.30. The van der Waals surface area contributed by atoms with Crippen LogP contribution < -0.4 is 10.6 Å². The highest BCUT2D eigenvalue weighted by atomic mass is 16.5. The first-order valence-corrected chi connectivity index (χ1v) is 10.8. The van der Waals surface area contributed by atoms with Crippen LogP contribution in [0.2, 0.25) is 0 Å². The van der Waals surface area contributed by atoms with Gasteiger partial charge in [-0.2, -0.15) is 4.98 Å². The summed E-state index contributed by atoms with van der Waals surface area (Å²) in [5.41, 5.74) is 4.28. The number of carbonyl (C=O) groups excluding carboxylic acids is 2. The smallest absolute Gasteiger partial charge is 0.407 e. The molecule has 1 unspecified atom stereocenters. The van der Waals surface area contributed by atoms with Crippen molar-refractivity contribution >= 4 is 18.0 Å². The standard InChI is InChI=1S/C24H24N4O6/c1-14-26-21(28-34-14)10-11-25-23(31)20(12-22(29)30)27-24(32)33-13-19-17-8-4-2-6-15(17)16-7-3-5-9-18(16)19/h2-9,19-20H,10-13H2,1H3,(H,25,31)(H,27,32)(H,29,30). The third kappa shape index (κ3) is 5.22. The molecule has 4 rings (SSSR count). The molecule has 10 heteroatoms. The van der Waals surface area contributed by atoms with Gasteiger partial charge in [-0.25, -0.2) is 4.79 Å². The van der Waals surface area contributed by atoms with Gasteiger partial charge in [-0.3, -0.25) is 9.59 Å². The van der Waals surface area contributed by atoms with E-state index >= 15 is 0 Å². The number of aliphatic carboxylic acids is 1. The van der Waals surface area contributed by atoms with Crippen LogP contribution in [-0.2, 0) is 20.7 Å². The Kier molecular flexibility index (Phi) is 6.86. The molecule has 1 aliphatic rings. The summed E-state index contributed by atoms with van der Waals surface area (Å²) in [5, 5.41) is 17.8. The number of fused-ring (bicyclic) bond motifs is 3. The second-order valence-corrected chi connectivity index (χ2v) is 7.89. The minimum atomic E-state index is -1.29. The fourth-order valence-electron chi connectivity index (χ4n) is 4.03. The van der Waals surface area contributed by atoms with Crippen LogP contribution in [0.5, 0.6) is 0 Å². The number of rotatable bonds is 9. The van der Waals surface area contributed by atoms with Crippen LogP contribution in [0.25, 0.3) is 11.1 Å². The van der Waals surface area contributed by atoms with E-state index in [9.17, 15) is 14.4 Å². The summed E-state index contributed by atoms with van der Waals surface area (Å²) in [4.78, 5) is 40.2. The summed E-state index contributed by atoms with van der Waals surface area (Å²) in [5.74, 6) is -1.20. The molecule has 2 amide bonds. The van der Waals surface area contributed by atoms with E-state index in [0.717, 1.165) is 22.3 Å². The molecule has 0 aliphatic heterocycles. The molecule has 1 aliphatic carbocycles. The summed E-state index contributed by atoms with van der Waals surface area (Å²) in [7, 11) is 0. The summed E-state index contributed by atoms with van der Waals surface area (Å²) in [6.07, 6.45) is -1.15. The molecule has 0 radical (unpaired) electrons. The van der Waals surface area contributed by atoms with Crippen molar-refractivity contribution in [2.24, 2.45) is 0 Å². The molecule has 34 heavy (non-hydrogen) atoms. The lowest BCUT2D eigenvalue weighted by Crippen LogP contribution is -2.48.